The Kier molecular flexibility index (Phi) is 4.81. The minimum absolute atomic E-state index is 0.0743. The Morgan fingerprint density at radius 2 is 1.92 bits per heavy atom. The Hall–Kier alpha value is -2.51. The van der Waals surface area contributed by atoms with Crippen LogP contribution in [0.4, 0.5) is 0 Å². The van der Waals surface area contributed by atoms with E-state index in [-0.39, 0.29) is 5.91 Å². The molecule has 3 aromatic rings. The van der Waals surface area contributed by atoms with Crippen LogP contribution in [-0.4, -0.2) is 44.4 Å². The van der Waals surface area contributed by atoms with Gasteiger partial charge in [0, 0.05) is 23.8 Å². The van der Waals surface area contributed by atoms with Crippen LogP contribution in [0.1, 0.15) is 0 Å². The van der Waals surface area contributed by atoms with E-state index in [1.807, 2.05) is 34.9 Å². The number of benzene rings is 1. The van der Waals surface area contributed by atoms with E-state index < -0.39 is 0 Å². The molecule has 132 valence electrons. The molecule has 8 heteroatoms. The molecule has 1 amide bonds. The second kappa shape index (κ2) is 7.39. The van der Waals surface area contributed by atoms with Crippen molar-refractivity contribution in [2.75, 3.05) is 18.8 Å². The molecule has 0 saturated heterocycles. The molecule has 0 saturated carbocycles. The second-order valence-corrected chi connectivity index (χ2v) is 7.03. The predicted octanol–water partition coefficient (Wildman–Crippen LogP) is 3.67. The first-order chi connectivity index (χ1) is 12.7. The van der Waals surface area contributed by atoms with Crippen molar-refractivity contribution in [3.63, 3.8) is 0 Å². The summed E-state index contributed by atoms with van der Waals surface area (Å²) >= 11 is 7.36. The third kappa shape index (κ3) is 3.40. The van der Waals surface area contributed by atoms with Crippen LogP contribution in [-0.2, 0) is 4.79 Å². The molecule has 26 heavy (non-hydrogen) atoms. The molecule has 6 nitrogen and oxygen atoms in total. The van der Waals surface area contributed by atoms with Crippen molar-refractivity contribution in [3.05, 3.63) is 59.8 Å². The molecule has 0 spiro atoms. The summed E-state index contributed by atoms with van der Waals surface area (Å²) in [6.45, 7) is 1.34. The number of carbonyl (C=O) groups excluding carboxylic acids is 1. The molecule has 1 aromatic carbocycles. The average Bonchev–Trinajstić information content (AvgIpc) is 3.41. The molecule has 0 radical (unpaired) electrons. The smallest absolute Gasteiger partial charge is 0.233 e. The van der Waals surface area contributed by atoms with Crippen LogP contribution in [0.15, 0.2) is 64.4 Å². The largest absolute Gasteiger partial charge is 0.461 e. The number of halogens is 1. The van der Waals surface area contributed by atoms with Crippen molar-refractivity contribution in [1.29, 1.82) is 0 Å². The van der Waals surface area contributed by atoms with Crippen LogP contribution in [0.25, 0.3) is 17.3 Å². The molecule has 0 fully saturated rings. The summed E-state index contributed by atoms with van der Waals surface area (Å²) in [6.07, 6.45) is 5.58. The highest BCUT2D eigenvalue weighted by Crippen LogP contribution is 2.29. The highest BCUT2D eigenvalue weighted by Gasteiger charge is 2.20. The van der Waals surface area contributed by atoms with Gasteiger partial charge in [-0.2, -0.15) is 0 Å². The van der Waals surface area contributed by atoms with E-state index in [9.17, 15) is 4.79 Å². The minimum atomic E-state index is 0.0743. The average molecular weight is 387 g/mol. The van der Waals surface area contributed by atoms with Gasteiger partial charge >= 0.3 is 0 Å². The third-order valence-corrected chi connectivity index (χ3v) is 5.12. The lowest BCUT2D eigenvalue weighted by Gasteiger charge is -2.15. The third-order valence-electron chi connectivity index (χ3n) is 3.96. The molecule has 0 atom stereocenters. The van der Waals surface area contributed by atoms with E-state index in [4.69, 9.17) is 16.0 Å². The van der Waals surface area contributed by atoms with Crippen LogP contribution in [0, 0.1) is 0 Å². The van der Waals surface area contributed by atoms with Gasteiger partial charge in [0.05, 0.1) is 12.0 Å². The summed E-state index contributed by atoms with van der Waals surface area (Å²) in [6, 6.07) is 11.0. The number of hydrogen-bond acceptors (Lipinski definition) is 5. The van der Waals surface area contributed by atoms with Crippen molar-refractivity contribution in [2.24, 2.45) is 0 Å². The Balaban J connectivity index is 1.63. The van der Waals surface area contributed by atoms with E-state index in [2.05, 4.69) is 10.2 Å². The van der Waals surface area contributed by atoms with Gasteiger partial charge in [-0.3, -0.25) is 9.36 Å². The number of carbonyl (C=O) groups is 1. The van der Waals surface area contributed by atoms with Gasteiger partial charge in [-0.25, -0.2) is 0 Å². The van der Waals surface area contributed by atoms with Crippen molar-refractivity contribution in [1.82, 2.24) is 19.7 Å². The van der Waals surface area contributed by atoms with Gasteiger partial charge in [-0.1, -0.05) is 35.5 Å². The van der Waals surface area contributed by atoms with Gasteiger partial charge in [-0.05, 0) is 36.4 Å². The summed E-state index contributed by atoms with van der Waals surface area (Å²) in [5.41, 5.74) is 0.851. The zero-order valence-electron chi connectivity index (χ0n) is 13.7. The highest BCUT2D eigenvalue weighted by molar-refractivity contribution is 7.99. The van der Waals surface area contributed by atoms with Gasteiger partial charge in [0.25, 0.3) is 0 Å². The van der Waals surface area contributed by atoms with Crippen LogP contribution in [0.2, 0.25) is 5.02 Å². The number of hydrogen-bond donors (Lipinski definition) is 0. The number of furan rings is 1. The lowest BCUT2D eigenvalue weighted by atomic mass is 10.3. The molecular weight excluding hydrogens is 372 g/mol. The molecular formula is C18H15ClN4O2S. The van der Waals surface area contributed by atoms with Crippen LogP contribution in [0.5, 0.6) is 0 Å². The first-order valence-corrected chi connectivity index (χ1v) is 9.39. The fourth-order valence-electron chi connectivity index (χ4n) is 2.65. The number of thioether (sulfide) groups is 1. The van der Waals surface area contributed by atoms with Crippen LogP contribution < -0.4 is 0 Å². The van der Waals surface area contributed by atoms with E-state index in [1.54, 1.807) is 29.4 Å². The predicted molar refractivity (Wildman–Crippen MR) is 101 cm³/mol. The van der Waals surface area contributed by atoms with Crippen LogP contribution >= 0.6 is 23.4 Å². The Labute approximate surface area is 159 Å². The quantitative estimate of drug-likeness (QED) is 0.494. The number of rotatable bonds is 5. The summed E-state index contributed by atoms with van der Waals surface area (Å²) < 4.78 is 7.35. The second-order valence-electron chi connectivity index (χ2n) is 5.65. The molecule has 4 rings (SSSR count). The Morgan fingerprint density at radius 3 is 2.62 bits per heavy atom. The zero-order chi connectivity index (χ0) is 17.9. The van der Waals surface area contributed by atoms with E-state index >= 15 is 0 Å². The van der Waals surface area contributed by atoms with Gasteiger partial charge in [0.15, 0.2) is 10.9 Å². The lowest BCUT2D eigenvalue weighted by Crippen LogP contribution is -2.29. The summed E-state index contributed by atoms with van der Waals surface area (Å²) in [7, 11) is 0. The zero-order valence-corrected chi connectivity index (χ0v) is 15.3. The highest BCUT2D eigenvalue weighted by atomic mass is 35.5. The number of amides is 1. The Morgan fingerprint density at radius 1 is 1.15 bits per heavy atom. The van der Waals surface area contributed by atoms with E-state index in [1.165, 1.54) is 11.8 Å². The molecule has 3 heterocycles. The first-order valence-electron chi connectivity index (χ1n) is 8.03. The summed E-state index contributed by atoms with van der Waals surface area (Å²) in [4.78, 5) is 14.1. The monoisotopic (exact) mass is 386 g/mol. The Bertz CT molecular complexity index is 927. The number of nitrogens with zero attached hydrogens (tertiary/aromatic N) is 4. The maximum absolute atomic E-state index is 12.3. The molecule has 1 aliphatic heterocycles. The normalized spacial score (nSPS) is 13.5. The van der Waals surface area contributed by atoms with Crippen molar-refractivity contribution >= 4 is 29.3 Å². The van der Waals surface area contributed by atoms with Crippen molar-refractivity contribution in [2.45, 2.75) is 5.16 Å². The maximum atomic E-state index is 12.3. The van der Waals surface area contributed by atoms with Gasteiger partial charge in [0.2, 0.25) is 11.7 Å². The molecule has 0 bridgehead atoms. The summed E-state index contributed by atoms with van der Waals surface area (Å²) in [5.74, 6) is 1.56. The maximum Gasteiger partial charge on any atom is 0.233 e. The molecule has 2 aromatic heterocycles. The fourth-order valence-corrected chi connectivity index (χ4v) is 3.63. The van der Waals surface area contributed by atoms with Gasteiger partial charge in [-0.15, -0.1) is 10.2 Å². The van der Waals surface area contributed by atoms with E-state index in [0.717, 1.165) is 5.69 Å². The minimum Gasteiger partial charge on any atom is -0.461 e. The molecule has 0 unspecified atom stereocenters. The summed E-state index contributed by atoms with van der Waals surface area (Å²) in [5, 5.41) is 9.80. The molecule has 1 aliphatic rings. The van der Waals surface area contributed by atoms with E-state index in [0.29, 0.717) is 40.6 Å². The van der Waals surface area contributed by atoms with Crippen molar-refractivity contribution in [3.8, 4) is 17.3 Å². The van der Waals surface area contributed by atoms with Crippen LogP contribution in [0.3, 0.4) is 0 Å². The van der Waals surface area contributed by atoms with Gasteiger partial charge in [0.1, 0.15) is 0 Å². The SMILES string of the molecule is O=C(CSc1nnc(-c2ccco2)n1-c1ccc(Cl)cc1)N1CC=CC1. The lowest BCUT2D eigenvalue weighted by molar-refractivity contribution is -0.127. The first kappa shape index (κ1) is 16.9. The fraction of sp³-hybridized carbons (Fsp3) is 0.167. The van der Waals surface area contributed by atoms with Crippen molar-refractivity contribution < 1.29 is 9.21 Å². The topological polar surface area (TPSA) is 64.2 Å². The standard InChI is InChI=1S/C18H15ClN4O2S/c19-13-5-7-14(8-6-13)23-17(15-4-3-11-25-15)20-21-18(23)26-12-16(24)22-9-1-2-10-22/h1-8,11H,9-10,12H2. The number of aromatic nitrogens is 3. The molecule has 0 aliphatic carbocycles. The van der Waals surface area contributed by atoms with Gasteiger partial charge < -0.3 is 9.32 Å². The molecule has 0 N–H and O–H groups in total.